The summed E-state index contributed by atoms with van der Waals surface area (Å²) in [5.41, 5.74) is 1.79. The molecule has 5 heteroatoms. The number of ether oxygens (including phenoxy) is 1. The van der Waals surface area contributed by atoms with Crippen LogP contribution in [0, 0.1) is 11.3 Å². The summed E-state index contributed by atoms with van der Waals surface area (Å²) in [5, 5.41) is 13.2. The van der Waals surface area contributed by atoms with Gasteiger partial charge in [-0.3, -0.25) is 0 Å². The summed E-state index contributed by atoms with van der Waals surface area (Å²) in [7, 11) is 0. The molecule has 1 aromatic rings. The molecule has 1 rings (SSSR count). The van der Waals surface area contributed by atoms with Gasteiger partial charge in [-0.2, -0.15) is 5.26 Å². The maximum Gasteiger partial charge on any atom is 0.202 e. The molecule has 0 amide bonds. The van der Waals surface area contributed by atoms with Crippen molar-refractivity contribution in [3.05, 3.63) is 34.9 Å². The molecule has 0 atom stereocenters. The van der Waals surface area contributed by atoms with Gasteiger partial charge < -0.3 is 9.57 Å². The van der Waals surface area contributed by atoms with Crippen molar-refractivity contribution in [2.45, 2.75) is 26.2 Å². The van der Waals surface area contributed by atoms with E-state index < -0.39 is 0 Å². The molecule has 20 heavy (non-hydrogen) atoms. The first-order valence-electron chi connectivity index (χ1n) is 6.67. The Morgan fingerprint density at radius 2 is 2.05 bits per heavy atom. The minimum Gasteiger partial charge on any atom is -0.382 e. The molecule has 0 bridgehead atoms. The van der Waals surface area contributed by atoms with Gasteiger partial charge in [0.2, 0.25) is 6.61 Å². The van der Waals surface area contributed by atoms with Gasteiger partial charge in [0.05, 0.1) is 5.71 Å². The van der Waals surface area contributed by atoms with Crippen LogP contribution in [-0.2, 0) is 9.57 Å². The van der Waals surface area contributed by atoms with E-state index in [9.17, 15) is 0 Å². The predicted octanol–water partition coefficient (Wildman–Crippen LogP) is 3.79. The molecule has 0 N–H and O–H groups in total. The fourth-order valence-electron chi connectivity index (χ4n) is 1.66. The van der Waals surface area contributed by atoms with Gasteiger partial charge in [-0.1, -0.05) is 28.9 Å². The Hall–Kier alpha value is -1.57. The number of benzene rings is 1. The lowest BCUT2D eigenvalue weighted by atomic mass is 10.1. The van der Waals surface area contributed by atoms with Crippen LogP contribution >= 0.6 is 11.6 Å². The summed E-state index contributed by atoms with van der Waals surface area (Å²) in [6, 6.07) is 9.33. The Bertz CT molecular complexity index is 452. The van der Waals surface area contributed by atoms with Gasteiger partial charge in [-0.05, 0) is 43.9 Å². The molecule has 1 aromatic carbocycles. The zero-order valence-corrected chi connectivity index (χ0v) is 12.4. The number of oxime groups is 1. The van der Waals surface area contributed by atoms with E-state index in [4.69, 9.17) is 26.4 Å². The third-order valence-electron chi connectivity index (χ3n) is 2.64. The second kappa shape index (κ2) is 10.2. The molecule has 0 aromatic heterocycles. The van der Waals surface area contributed by atoms with Gasteiger partial charge in [0.25, 0.3) is 0 Å². The predicted molar refractivity (Wildman–Crippen MR) is 79.9 cm³/mol. The van der Waals surface area contributed by atoms with Crippen LogP contribution < -0.4 is 0 Å². The van der Waals surface area contributed by atoms with Gasteiger partial charge in [0, 0.05) is 18.2 Å². The molecular formula is C15H19ClN2O2. The van der Waals surface area contributed by atoms with Gasteiger partial charge >= 0.3 is 0 Å². The Labute approximate surface area is 124 Å². The van der Waals surface area contributed by atoms with Crippen LogP contribution in [0.2, 0.25) is 5.02 Å². The molecule has 0 heterocycles. The smallest absolute Gasteiger partial charge is 0.202 e. The molecule has 4 nitrogen and oxygen atoms in total. The summed E-state index contributed by atoms with van der Waals surface area (Å²) in [5.74, 6) is 0. The highest BCUT2D eigenvalue weighted by molar-refractivity contribution is 6.30. The van der Waals surface area contributed by atoms with Gasteiger partial charge in [0.15, 0.2) is 0 Å². The van der Waals surface area contributed by atoms with Crippen molar-refractivity contribution in [3.63, 3.8) is 0 Å². The molecule has 0 unspecified atom stereocenters. The number of halogens is 1. The number of nitriles is 1. The zero-order chi connectivity index (χ0) is 14.6. The van der Waals surface area contributed by atoms with Crippen LogP contribution in [0.4, 0.5) is 0 Å². The maximum absolute atomic E-state index is 8.48. The van der Waals surface area contributed by atoms with Crippen molar-refractivity contribution in [1.82, 2.24) is 0 Å². The SMILES string of the molecule is CCOCCCCC(=NOCC#N)c1ccc(Cl)cc1. The molecular weight excluding hydrogens is 276 g/mol. The van der Waals surface area contributed by atoms with Crippen molar-refractivity contribution >= 4 is 17.3 Å². The summed E-state index contributed by atoms with van der Waals surface area (Å²) >= 11 is 5.87. The molecule has 0 spiro atoms. The van der Waals surface area contributed by atoms with Crippen LogP contribution in [0.25, 0.3) is 0 Å². The van der Waals surface area contributed by atoms with E-state index in [-0.39, 0.29) is 6.61 Å². The molecule has 0 saturated heterocycles. The maximum atomic E-state index is 8.48. The first-order chi connectivity index (χ1) is 9.77. The van der Waals surface area contributed by atoms with Gasteiger partial charge in [-0.25, -0.2) is 0 Å². The Balaban J connectivity index is 2.58. The van der Waals surface area contributed by atoms with Crippen molar-refractivity contribution < 1.29 is 9.57 Å². The fourth-order valence-corrected chi connectivity index (χ4v) is 1.79. The number of unbranched alkanes of at least 4 members (excludes halogenated alkanes) is 1. The van der Waals surface area contributed by atoms with E-state index in [0.717, 1.165) is 43.8 Å². The summed E-state index contributed by atoms with van der Waals surface area (Å²) in [6.45, 7) is 3.43. The third-order valence-corrected chi connectivity index (χ3v) is 2.89. The average molecular weight is 295 g/mol. The first-order valence-corrected chi connectivity index (χ1v) is 7.05. The Morgan fingerprint density at radius 1 is 1.30 bits per heavy atom. The number of hydrogen-bond donors (Lipinski definition) is 0. The fraction of sp³-hybridized carbons (Fsp3) is 0.467. The number of hydrogen-bond acceptors (Lipinski definition) is 4. The quantitative estimate of drug-likeness (QED) is 0.395. The van der Waals surface area contributed by atoms with Crippen LogP contribution in [0.1, 0.15) is 31.7 Å². The largest absolute Gasteiger partial charge is 0.382 e. The molecule has 0 radical (unpaired) electrons. The molecule has 0 aliphatic rings. The van der Waals surface area contributed by atoms with Gasteiger partial charge in [0.1, 0.15) is 6.07 Å². The second-order valence-corrected chi connectivity index (χ2v) is 4.57. The van der Waals surface area contributed by atoms with Crippen LogP contribution in [-0.4, -0.2) is 25.5 Å². The highest BCUT2D eigenvalue weighted by Crippen LogP contribution is 2.13. The van der Waals surface area contributed by atoms with E-state index in [1.54, 1.807) is 0 Å². The topological polar surface area (TPSA) is 54.6 Å². The van der Waals surface area contributed by atoms with Crippen molar-refractivity contribution in [2.24, 2.45) is 5.16 Å². The van der Waals surface area contributed by atoms with Crippen LogP contribution in [0.3, 0.4) is 0 Å². The van der Waals surface area contributed by atoms with E-state index in [1.807, 2.05) is 37.3 Å². The lowest BCUT2D eigenvalue weighted by molar-refractivity contribution is 0.143. The second-order valence-electron chi connectivity index (χ2n) is 4.13. The highest BCUT2D eigenvalue weighted by Gasteiger charge is 2.05. The normalized spacial score (nSPS) is 11.2. The standard InChI is InChI=1S/C15H19ClN2O2/c1-2-19-11-4-3-5-15(18-20-12-10-17)13-6-8-14(16)9-7-13/h6-9H,2-5,11-12H2,1H3. The minimum atomic E-state index is -0.0456. The van der Waals surface area contributed by atoms with E-state index >= 15 is 0 Å². The van der Waals surface area contributed by atoms with Crippen molar-refractivity contribution in [3.8, 4) is 6.07 Å². The number of nitrogens with zero attached hydrogens (tertiary/aromatic N) is 2. The van der Waals surface area contributed by atoms with Crippen molar-refractivity contribution in [1.29, 1.82) is 5.26 Å². The van der Waals surface area contributed by atoms with E-state index in [2.05, 4.69) is 5.16 Å². The number of rotatable bonds is 9. The lowest BCUT2D eigenvalue weighted by Crippen LogP contribution is -2.04. The average Bonchev–Trinajstić information content (AvgIpc) is 2.46. The monoisotopic (exact) mass is 294 g/mol. The van der Waals surface area contributed by atoms with Crippen LogP contribution in [0.5, 0.6) is 0 Å². The highest BCUT2D eigenvalue weighted by atomic mass is 35.5. The Morgan fingerprint density at radius 3 is 2.70 bits per heavy atom. The summed E-state index contributed by atoms with van der Waals surface area (Å²) < 4.78 is 5.30. The first kappa shape index (κ1) is 16.5. The molecule has 0 aliphatic heterocycles. The molecule has 0 fully saturated rings. The lowest BCUT2D eigenvalue weighted by Gasteiger charge is -2.07. The van der Waals surface area contributed by atoms with E-state index in [1.165, 1.54) is 0 Å². The summed E-state index contributed by atoms with van der Waals surface area (Å²) in [6.07, 6.45) is 2.70. The third kappa shape index (κ3) is 6.55. The molecule has 0 saturated carbocycles. The molecule has 0 aliphatic carbocycles. The zero-order valence-electron chi connectivity index (χ0n) is 11.6. The van der Waals surface area contributed by atoms with Crippen molar-refractivity contribution in [2.75, 3.05) is 19.8 Å². The van der Waals surface area contributed by atoms with E-state index in [0.29, 0.717) is 5.02 Å². The van der Waals surface area contributed by atoms with Gasteiger partial charge in [-0.15, -0.1) is 0 Å². The van der Waals surface area contributed by atoms with Crippen LogP contribution in [0.15, 0.2) is 29.4 Å². The molecule has 108 valence electrons. The minimum absolute atomic E-state index is 0.0456. The summed E-state index contributed by atoms with van der Waals surface area (Å²) in [4.78, 5) is 4.97. The Kier molecular flexibility index (Phi) is 8.44.